The first-order valence-electron chi connectivity index (χ1n) is 17.8. The Hall–Kier alpha value is -5.01. The fourth-order valence-electron chi connectivity index (χ4n) is 8.21. The molecule has 8 rings (SSSR count). The third kappa shape index (κ3) is 5.87. The van der Waals surface area contributed by atoms with Gasteiger partial charge in [0.1, 0.15) is 23.0 Å². The molecular weight excluding hydrogens is 646 g/mol. The molecule has 2 fully saturated rings. The van der Waals surface area contributed by atoms with Crippen LogP contribution in [0.2, 0.25) is 0 Å². The van der Waals surface area contributed by atoms with Gasteiger partial charge in [-0.15, -0.1) is 0 Å². The molecule has 2 amide bonds. The van der Waals surface area contributed by atoms with Gasteiger partial charge in [-0.2, -0.15) is 0 Å². The van der Waals surface area contributed by atoms with Crippen molar-refractivity contribution >= 4 is 34.8 Å². The first kappa shape index (κ1) is 33.2. The third-order valence-corrected chi connectivity index (χ3v) is 10.9. The Kier molecular flexibility index (Phi) is 8.22. The number of aryl methyl sites for hydroxylation is 1. The van der Waals surface area contributed by atoms with Crippen LogP contribution in [0.4, 0.5) is 23.0 Å². The maximum absolute atomic E-state index is 14.0. The summed E-state index contributed by atoms with van der Waals surface area (Å²) in [7, 11) is 3.24. The van der Waals surface area contributed by atoms with E-state index < -0.39 is 0 Å². The van der Waals surface area contributed by atoms with Gasteiger partial charge in [0, 0.05) is 82.1 Å². The molecule has 0 unspecified atom stereocenters. The van der Waals surface area contributed by atoms with Crippen molar-refractivity contribution in [3.05, 3.63) is 81.8 Å². The van der Waals surface area contributed by atoms with Crippen LogP contribution in [-0.4, -0.2) is 94.3 Å². The minimum atomic E-state index is -0.372. The molecule has 2 N–H and O–H groups in total. The molecule has 1 aliphatic carbocycles. The number of aromatic nitrogens is 4. The van der Waals surface area contributed by atoms with Crippen LogP contribution < -0.4 is 26.0 Å². The van der Waals surface area contributed by atoms with E-state index in [2.05, 4.69) is 55.7 Å². The average Bonchev–Trinajstić information content (AvgIpc) is 3.58. The fraction of sp³-hybridized carbons (Fsp3) is 0.447. The SMILES string of the molecule is CNC(=O)c1c(-c2cc(Nc3ccc(N4CCN(C5COC5)C[C@@H]4C)cn3)c(=O)n(C)c2)ccnc1N1CCn2c(cc3c2CC(C)(C)C3)C1=O. The molecule has 4 aliphatic rings. The number of anilines is 4. The molecule has 2 saturated heterocycles. The first-order valence-corrected chi connectivity index (χ1v) is 17.8. The minimum absolute atomic E-state index is 0.176. The molecule has 0 bridgehead atoms. The van der Waals surface area contributed by atoms with Gasteiger partial charge in [0.25, 0.3) is 17.4 Å². The van der Waals surface area contributed by atoms with Crippen LogP contribution >= 0.6 is 0 Å². The van der Waals surface area contributed by atoms with Crippen molar-refractivity contribution in [1.29, 1.82) is 0 Å². The van der Waals surface area contributed by atoms with Crippen LogP contribution in [0.25, 0.3) is 11.1 Å². The summed E-state index contributed by atoms with van der Waals surface area (Å²) in [4.78, 5) is 56.7. The Morgan fingerprint density at radius 3 is 2.55 bits per heavy atom. The lowest BCUT2D eigenvalue weighted by Gasteiger charge is -2.46. The molecule has 266 valence electrons. The Labute approximate surface area is 297 Å². The number of ether oxygens (including phenoxy) is 1. The number of piperazine rings is 1. The zero-order valence-electron chi connectivity index (χ0n) is 29.9. The lowest BCUT2D eigenvalue weighted by atomic mass is 9.90. The van der Waals surface area contributed by atoms with Gasteiger partial charge in [-0.3, -0.25) is 24.2 Å². The number of carbonyl (C=O) groups excluding carboxylic acids is 2. The summed E-state index contributed by atoms with van der Waals surface area (Å²) in [5.74, 6) is 0.277. The topological polar surface area (TPSA) is 130 Å². The molecule has 1 atom stereocenters. The van der Waals surface area contributed by atoms with Crippen LogP contribution in [-0.2, 0) is 31.2 Å². The van der Waals surface area contributed by atoms with Crippen molar-refractivity contribution in [2.24, 2.45) is 12.5 Å². The number of rotatable bonds is 7. The normalized spacial score (nSPS) is 20.2. The molecule has 13 heteroatoms. The standard InChI is InChI=1S/C38H45N9O4/c1-23-19-44(27-21-51-22-27)10-11-45(23)26-6-7-32(41-18-26)42-29-14-25(20-43(5)36(29)49)28-8-9-40-34(33(28)35(48)39-4)47-13-12-46-30(37(47)50)15-24-16-38(2,3)17-31(24)46/h6-9,14-15,18,20,23,27H,10-13,16-17,19,21-22H2,1-5H3,(H,39,48)(H,41,42)/t23-/m0/s1. The van der Waals surface area contributed by atoms with Crippen molar-refractivity contribution in [2.75, 3.05) is 61.6 Å². The van der Waals surface area contributed by atoms with Crippen LogP contribution in [0, 0.1) is 5.41 Å². The molecule has 3 aliphatic heterocycles. The molecule has 0 saturated carbocycles. The summed E-state index contributed by atoms with van der Waals surface area (Å²) in [6.45, 7) is 12.3. The number of hydrogen-bond acceptors (Lipinski definition) is 9. The summed E-state index contributed by atoms with van der Waals surface area (Å²) >= 11 is 0. The summed E-state index contributed by atoms with van der Waals surface area (Å²) < 4.78 is 9.02. The second-order valence-corrected chi connectivity index (χ2v) is 15.1. The van der Waals surface area contributed by atoms with Gasteiger partial charge >= 0.3 is 0 Å². The fourth-order valence-corrected chi connectivity index (χ4v) is 8.21. The van der Waals surface area contributed by atoms with E-state index >= 15 is 0 Å². The van der Waals surface area contributed by atoms with Crippen LogP contribution in [0.15, 0.2) is 53.7 Å². The number of carbonyl (C=O) groups is 2. The van der Waals surface area contributed by atoms with E-state index in [4.69, 9.17) is 4.74 Å². The van der Waals surface area contributed by atoms with E-state index in [9.17, 15) is 14.4 Å². The van der Waals surface area contributed by atoms with Crippen molar-refractivity contribution < 1.29 is 14.3 Å². The largest absolute Gasteiger partial charge is 0.378 e. The van der Waals surface area contributed by atoms with Crippen LogP contribution in [0.3, 0.4) is 0 Å². The maximum atomic E-state index is 14.0. The first-order chi connectivity index (χ1) is 24.5. The number of nitrogens with one attached hydrogen (secondary N) is 2. The number of nitrogens with zero attached hydrogens (tertiary/aromatic N) is 7. The van der Waals surface area contributed by atoms with Crippen LogP contribution in [0.5, 0.6) is 0 Å². The number of pyridine rings is 3. The van der Waals surface area contributed by atoms with Gasteiger partial charge < -0.3 is 29.4 Å². The Bertz CT molecular complexity index is 2080. The summed E-state index contributed by atoms with van der Waals surface area (Å²) in [5.41, 5.74) is 5.82. The van der Waals surface area contributed by atoms with Crippen molar-refractivity contribution in [3.8, 4) is 11.1 Å². The third-order valence-electron chi connectivity index (χ3n) is 10.9. The molecule has 0 radical (unpaired) electrons. The predicted octanol–water partition coefficient (Wildman–Crippen LogP) is 3.44. The van der Waals surface area contributed by atoms with E-state index in [0.717, 1.165) is 51.4 Å². The molecule has 0 aromatic carbocycles. The lowest BCUT2D eigenvalue weighted by molar-refractivity contribution is -0.0691. The second-order valence-electron chi connectivity index (χ2n) is 15.1. The molecular formula is C38H45N9O4. The van der Waals surface area contributed by atoms with Gasteiger partial charge in [0.05, 0.1) is 36.7 Å². The Morgan fingerprint density at radius 2 is 1.84 bits per heavy atom. The number of hydrogen-bond donors (Lipinski definition) is 2. The summed E-state index contributed by atoms with van der Waals surface area (Å²) in [6.07, 6.45) is 7.02. The Balaban J connectivity index is 1.07. The summed E-state index contributed by atoms with van der Waals surface area (Å²) in [6, 6.07) is 10.3. The predicted molar refractivity (Wildman–Crippen MR) is 196 cm³/mol. The zero-order valence-corrected chi connectivity index (χ0v) is 29.9. The molecule has 4 aromatic heterocycles. The van der Waals surface area contributed by atoms with Crippen LogP contribution in [0.1, 0.15) is 52.9 Å². The minimum Gasteiger partial charge on any atom is -0.378 e. The lowest BCUT2D eigenvalue weighted by Crippen LogP contribution is -2.59. The van der Waals surface area contributed by atoms with E-state index in [-0.39, 0.29) is 28.4 Å². The van der Waals surface area contributed by atoms with Gasteiger partial charge in [-0.25, -0.2) is 9.97 Å². The highest BCUT2D eigenvalue weighted by molar-refractivity contribution is 6.12. The van der Waals surface area contributed by atoms with Crippen molar-refractivity contribution in [2.45, 2.75) is 52.2 Å². The van der Waals surface area contributed by atoms with E-state index in [1.54, 1.807) is 43.5 Å². The molecule has 51 heavy (non-hydrogen) atoms. The Morgan fingerprint density at radius 1 is 1.02 bits per heavy atom. The molecule has 13 nitrogen and oxygen atoms in total. The molecule has 0 spiro atoms. The monoisotopic (exact) mass is 691 g/mol. The summed E-state index contributed by atoms with van der Waals surface area (Å²) in [5, 5.41) is 5.96. The average molecular weight is 692 g/mol. The van der Waals surface area contributed by atoms with E-state index in [0.29, 0.717) is 59.3 Å². The van der Waals surface area contributed by atoms with Gasteiger partial charge in [-0.1, -0.05) is 13.8 Å². The number of fused-ring (bicyclic) bond motifs is 3. The van der Waals surface area contributed by atoms with Crippen molar-refractivity contribution in [1.82, 2.24) is 29.3 Å². The number of amides is 2. The quantitative estimate of drug-likeness (QED) is 0.300. The highest BCUT2D eigenvalue weighted by atomic mass is 16.5. The highest BCUT2D eigenvalue weighted by Crippen LogP contribution is 2.40. The molecule has 4 aromatic rings. The van der Waals surface area contributed by atoms with E-state index in [1.807, 2.05) is 24.4 Å². The van der Waals surface area contributed by atoms with Crippen molar-refractivity contribution in [3.63, 3.8) is 0 Å². The smallest absolute Gasteiger partial charge is 0.276 e. The van der Waals surface area contributed by atoms with Gasteiger partial charge in [0.2, 0.25) is 0 Å². The highest BCUT2D eigenvalue weighted by Gasteiger charge is 2.38. The molecule has 7 heterocycles. The maximum Gasteiger partial charge on any atom is 0.276 e. The van der Waals surface area contributed by atoms with Gasteiger partial charge in [0.15, 0.2) is 0 Å². The van der Waals surface area contributed by atoms with Gasteiger partial charge in [-0.05, 0) is 61.1 Å². The zero-order chi connectivity index (χ0) is 35.6. The van der Waals surface area contributed by atoms with E-state index in [1.165, 1.54) is 15.8 Å². The second kappa shape index (κ2) is 12.6.